The fourth-order valence-electron chi connectivity index (χ4n) is 3.06. The van der Waals surface area contributed by atoms with Crippen LogP contribution in [0.1, 0.15) is 38.2 Å². The average molecular weight is 308 g/mol. The van der Waals surface area contributed by atoms with Gasteiger partial charge in [0, 0.05) is 0 Å². The molecule has 0 spiro atoms. The Morgan fingerprint density at radius 1 is 1.48 bits per heavy atom. The molecule has 1 saturated carbocycles. The monoisotopic (exact) mass is 308 g/mol. The first-order chi connectivity index (χ1) is 9.92. The number of nitrogens with one attached hydrogen (secondary N) is 1. The van der Waals surface area contributed by atoms with Crippen molar-refractivity contribution in [3.05, 3.63) is 29.8 Å². The van der Waals surface area contributed by atoms with Gasteiger partial charge in [0.25, 0.3) is 0 Å². The van der Waals surface area contributed by atoms with E-state index in [1.54, 1.807) is 12.1 Å². The Labute approximate surface area is 125 Å². The molecule has 5 nitrogen and oxygen atoms in total. The molecule has 2 atom stereocenters. The van der Waals surface area contributed by atoms with Crippen molar-refractivity contribution in [2.24, 2.45) is 5.92 Å². The topological polar surface area (TPSA) is 90.2 Å². The number of nitrogens with zero attached hydrogens (tertiary/aromatic N) is 1. The lowest BCUT2D eigenvalue weighted by atomic mass is 9.78. The molecule has 0 bridgehead atoms. The summed E-state index contributed by atoms with van der Waals surface area (Å²) in [6.07, 6.45) is 3.14. The second kappa shape index (κ2) is 6.14. The third kappa shape index (κ3) is 3.43. The van der Waals surface area contributed by atoms with Crippen LogP contribution < -0.4 is 4.72 Å². The number of sulfonamides is 1. The van der Waals surface area contributed by atoms with Gasteiger partial charge in [-0.15, -0.1) is 0 Å². The smallest absolute Gasteiger partial charge is 0.242 e. The Balaban J connectivity index is 2.34. The van der Waals surface area contributed by atoms with E-state index in [4.69, 9.17) is 5.26 Å². The lowest BCUT2D eigenvalue weighted by molar-refractivity contribution is 0.119. The third-order valence-electron chi connectivity index (χ3n) is 4.04. The van der Waals surface area contributed by atoms with E-state index >= 15 is 0 Å². The predicted octanol–water partition coefficient (Wildman–Crippen LogP) is 1.78. The minimum absolute atomic E-state index is 0.0291. The van der Waals surface area contributed by atoms with Crippen LogP contribution in [0.2, 0.25) is 0 Å². The van der Waals surface area contributed by atoms with Gasteiger partial charge < -0.3 is 5.11 Å². The molecule has 0 heterocycles. The number of aliphatic hydroxyl groups excluding tert-OH is 1. The third-order valence-corrected chi connectivity index (χ3v) is 5.68. The first kappa shape index (κ1) is 16.0. The van der Waals surface area contributed by atoms with Gasteiger partial charge in [-0.05, 0) is 30.9 Å². The summed E-state index contributed by atoms with van der Waals surface area (Å²) in [6, 6.07) is 8.00. The van der Waals surface area contributed by atoms with Crippen LogP contribution in [0.5, 0.6) is 0 Å². The fourth-order valence-corrected chi connectivity index (χ4v) is 4.65. The number of nitriles is 1. The number of hydrogen-bond acceptors (Lipinski definition) is 4. The SMILES string of the molecule is CC1CCCC(CO)(NS(=O)(=O)c2ccccc2C#N)C1. The first-order valence-electron chi connectivity index (χ1n) is 7.06. The van der Waals surface area contributed by atoms with Crippen LogP contribution in [-0.4, -0.2) is 25.7 Å². The lowest BCUT2D eigenvalue weighted by Crippen LogP contribution is -2.53. The molecule has 0 saturated heterocycles. The quantitative estimate of drug-likeness (QED) is 0.887. The van der Waals surface area contributed by atoms with Crippen molar-refractivity contribution in [1.82, 2.24) is 4.72 Å². The van der Waals surface area contributed by atoms with Gasteiger partial charge in [-0.1, -0.05) is 31.9 Å². The summed E-state index contributed by atoms with van der Waals surface area (Å²) in [6.45, 7) is 1.83. The Morgan fingerprint density at radius 3 is 2.81 bits per heavy atom. The molecule has 1 aromatic rings. The van der Waals surface area contributed by atoms with E-state index in [2.05, 4.69) is 11.6 Å². The first-order valence-corrected chi connectivity index (χ1v) is 8.55. The molecule has 1 aliphatic carbocycles. The van der Waals surface area contributed by atoms with Crippen LogP contribution in [-0.2, 0) is 10.0 Å². The molecule has 21 heavy (non-hydrogen) atoms. The predicted molar refractivity (Wildman–Crippen MR) is 78.9 cm³/mol. The molecule has 2 unspecified atom stereocenters. The van der Waals surface area contributed by atoms with Gasteiger partial charge in [0.1, 0.15) is 6.07 Å². The highest BCUT2D eigenvalue weighted by atomic mass is 32.2. The molecule has 1 fully saturated rings. The van der Waals surface area contributed by atoms with Crippen LogP contribution >= 0.6 is 0 Å². The molecule has 1 aliphatic rings. The van der Waals surface area contributed by atoms with Gasteiger partial charge in [-0.2, -0.15) is 5.26 Å². The molecular formula is C15H20N2O3S. The molecule has 114 valence electrons. The van der Waals surface area contributed by atoms with Gasteiger partial charge in [0.2, 0.25) is 10.0 Å². The largest absolute Gasteiger partial charge is 0.394 e. The Kier molecular flexibility index (Phi) is 4.67. The van der Waals surface area contributed by atoms with E-state index in [1.807, 2.05) is 6.07 Å². The highest BCUT2D eigenvalue weighted by molar-refractivity contribution is 7.89. The minimum atomic E-state index is -3.83. The maximum Gasteiger partial charge on any atom is 0.242 e. The van der Waals surface area contributed by atoms with Gasteiger partial charge in [-0.25, -0.2) is 13.1 Å². The van der Waals surface area contributed by atoms with Gasteiger partial charge in [0.05, 0.1) is 22.6 Å². The summed E-state index contributed by atoms with van der Waals surface area (Å²) in [4.78, 5) is -0.0291. The summed E-state index contributed by atoms with van der Waals surface area (Å²) < 4.78 is 27.8. The van der Waals surface area contributed by atoms with Crippen molar-refractivity contribution in [1.29, 1.82) is 5.26 Å². The highest BCUT2D eigenvalue weighted by Crippen LogP contribution is 2.33. The minimum Gasteiger partial charge on any atom is -0.394 e. The molecule has 2 rings (SSSR count). The maximum absolute atomic E-state index is 12.6. The summed E-state index contributed by atoms with van der Waals surface area (Å²) >= 11 is 0. The number of aliphatic hydroxyl groups is 1. The zero-order chi connectivity index (χ0) is 15.5. The second-order valence-corrected chi connectivity index (χ2v) is 7.50. The van der Waals surface area contributed by atoms with Crippen LogP contribution in [0.15, 0.2) is 29.2 Å². The van der Waals surface area contributed by atoms with Crippen LogP contribution in [0, 0.1) is 17.2 Å². The summed E-state index contributed by atoms with van der Waals surface area (Å²) in [5, 5.41) is 18.8. The van der Waals surface area contributed by atoms with Gasteiger partial charge in [0.15, 0.2) is 0 Å². The zero-order valence-electron chi connectivity index (χ0n) is 12.0. The highest BCUT2D eigenvalue weighted by Gasteiger charge is 2.38. The average Bonchev–Trinajstić information content (AvgIpc) is 2.46. The normalized spacial score (nSPS) is 26.2. The zero-order valence-corrected chi connectivity index (χ0v) is 12.9. The van der Waals surface area contributed by atoms with E-state index in [0.29, 0.717) is 18.8 Å². The molecule has 0 amide bonds. The molecule has 0 radical (unpaired) electrons. The van der Waals surface area contributed by atoms with Crippen LogP contribution in [0.4, 0.5) is 0 Å². The summed E-state index contributed by atoms with van der Waals surface area (Å²) in [5.41, 5.74) is -0.707. The standard InChI is InChI=1S/C15H20N2O3S/c1-12-5-4-8-15(9-12,11-18)17-21(19,20)14-7-3-2-6-13(14)10-16/h2-3,6-7,12,17-18H,4-5,8-9,11H2,1H3. The van der Waals surface area contributed by atoms with E-state index in [1.165, 1.54) is 12.1 Å². The van der Waals surface area contributed by atoms with Crippen molar-refractivity contribution < 1.29 is 13.5 Å². The van der Waals surface area contributed by atoms with Crippen molar-refractivity contribution in [2.75, 3.05) is 6.61 Å². The van der Waals surface area contributed by atoms with E-state index in [9.17, 15) is 13.5 Å². The molecule has 0 aromatic heterocycles. The van der Waals surface area contributed by atoms with Crippen molar-refractivity contribution in [3.63, 3.8) is 0 Å². The summed E-state index contributed by atoms with van der Waals surface area (Å²) in [7, 11) is -3.83. The van der Waals surface area contributed by atoms with Crippen molar-refractivity contribution in [2.45, 2.75) is 43.0 Å². The summed E-state index contributed by atoms with van der Waals surface area (Å²) in [5.74, 6) is 0.361. The number of rotatable bonds is 4. The van der Waals surface area contributed by atoms with Crippen LogP contribution in [0.3, 0.4) is 0 Å². The van der Waals surface area contributed by atoms with Gasteiger partial charge in [-0.3, -0.25) is 0 Å². The maximum atomic E-state index is 12.6. The molecule has 1 aromatic carbocycles. The molecule has 6 heteroatoms. The molecular weight excluding hydrogens is 288 g/mol. The Bertz CT molecular complexity index is 651. The number of benzene rings is 1. The molecule has 0 aliphatic heterocycles. The number of hydrogen-bond donors (Lipinski definition) is 2. The molecule has 2 N–H and O–H groups in total. The Hall–Kier alpha value is -1.42. The van der Waals surface area contributed by atoms with E-state index in [-0.39, 0.29) is 17.1 Å². The van der Waals surface area contributed by atoms with E-state index in [0.717, 1.165) is 12.8 Å². The fraction of sp³-hybridized carbons (Fsp3) is 0.533. The lowest BCUT2D eigenvalue weighted by Gasteiger charge is -2.39. The Morgan fingerprint density at radius 2 is 2.19 bits per heavy atom. The van der Waals surface area contributed by atoms with Crippen molar-refractivity contribution in [3.8, 4) is 6.07 Å². The second-order valence-electron chi connectivity index (χ2n) is 5.85. The van der Waals surface area contributed by atoms with E-state index < -0.39 is 15.6 Å². The van der Waals surface area contributed by atoms with Crippen LogP contribution in [0.25, 0.3) is 0 Å². The van der Waals surface area contributed by atoms with Crippen molar-refractivity contribution >= 4 is 10.0 Å². The van der Waals surface area contributed by atoms with Gasteiger partial charge >= 0.3 is 0 Å².